The molecule has 0 atom stereocenters. The minimum absolute atomic E-state index is 0.0440. The Morgan fingerprint density at radius 1 is 1.21 bits per heavy atom. The molecule has 6 heteroatoms. The molecule has 2 N–H and O–H groups in total. The summed E-state index contributed by atoms with van der Waals surface area (Å²) in [6.07, 6.45) is 6.06. The van der Waals surface area contributed by atoms with Crippen LogP contribution >= 0.6 is 0 Å². The number of pyridine rings is 1. The Kier molecular flexibility index (Phi) is 5.68. The van der Waals surface area contributed by atoms with Gasteiger partial charge in [0, 0.05) is 51.9 Å². The smallest absolute Gasteiger partial charge is 0.221 e. The van der Waals surface area contributed by atoms with Crippen LogP contribution in [0.3, 0.4) is 0 Å². The molecule has 1 saturated carbocycles. The molecule has 2 fully saturated rings. The van der Waals surface area contributed by atoms with Crippen LogP contribution in [0.1, 0.15) is 32.1 Å². The monoisotopic (exact) mass is 332 g/mol. The van der Waals surface area contributed by atoms with Crippen LogP contribution in [0.5, 0.6) is 0 Å². The second-order valence-electron chi connectivity index (χ2n) is 6.97. The summed E-state index contributed by atoms with van der Waals surface area (Å²) >= 11 is 0. The first-order chi connectivity index (χ1) is 11.6. The van der Waals surface area contributed by atoms with Crippen molar-refractivity contribution in [2.24, 2.45) is 0 Å². The summed E-state index contributed by atoms with van der Waals surface area (Å²) in [6, 6.07) is 5.98. The van der Waals surface area contributed by atoms with Gasteiger partial charge < -0.3 is 15.3 Å². The lowest BCUT2D eigenvalue weighted by atomic mass is 10.0. The summed E-state index contributed by atoms with van der Waals surface area (Å²) in [5.41, 5.74) is -0.663. The molecule has 1 aromatic heterocycles. The highest BCUT2D eigenvalue weighted by Crippen LogP contribution is 2.28. The zero-order valence-corrected chi connectivity index (χ0v) is 14.3. The summed E-state index contributed by atoms with van der Waals surface area (Å²) in [5, 5.41) is 13.2. The third-order valence-electron chi connectivity index (χ3n) is 5.15. The fraction of sp³-hybridized carbons (Fsp3) is 0.667. The molecule has 0 unspecified atom stereocenters. The van der Waals surface area contributed by atoms with E-state index in [1.54, 1.807) is 0 Å². The van der Waals surface area contributed by atoms with E-state index in [1.807, 2.05) is 24.4 Å². The first-order valence-electron chi connectivity index (χ1n) is 9.02. The third kappa shape index (κ3) is 4.68. The van der Waals surface area contributed by atoms with E-state index >= 15 is 0 Å². The maximum absolute atomic E-state index is 12.0. The van der Waals surface area contributed by atoms with Gasteiger partial charge in [0.25, 0.3) is 0 Å². The molecule has 3 rings (SSSR count). The van der Waals surface area contributed by atoms with E-state index in [-0.39, 0.29) is 5.91 Å². The number of nitrogens with one attached hydrogen (secondary N) is 1. The van der Waals surface area contributed by atoms with Gasteiger partial charge in [-0.2, -0.15) is 0 Å². The van der Waals surface area contributed by atoms with Gasteiger partial charge in [-0.05, 0) is 25.0 Å². The Hall–Kier alpha value is -1.66. The zero-order valence-electron chi connectivity index (χ0n) is 14.3. The van der Waals surface area contributed by atoms with Gasteiger partial charge in [0.2, 0.25) is 5.91 Å². The van der Waals surface area contributed by atoms with E-state index in [4.69, 9.17) is 0 Å². The predicted octanol–water partition coefficient (Wildman–Crippen LogP) is 1.02. The van der Waals surface area contributed by atoms with Gasteiger partial charge in [-0.25, -0.2) is 4.98 Å². The molecular weight excluding hydrogens is 304 g/mol. The maximum Gasteiger partial charge on any atom is 0.221 e. The van der Waals surface area contributed by atoms with Crippen molar-refractivity contribution in [2.45, 2.75) is 37.7 Å². The molecule has 2 heterocycles. The number of anilines is 1. The third-order valence-corrected chi connectivity index (χ3v) is 5.15. The van der Waals surface area contributed by atoms with Crippen molar-refractivity contribution in [3.8, 4) is 0 Å². The standard InChI is InChI=1S/C18H28N4O2/c23-17(20-15-18(24)7-2-3-8-18)6-10-21-11-13-22(14-12-21)16-5-1-4-9-19-16/h1,4-5,9,24H,2-3,6-8,10-15H2,(H,20,23). The molecule has 132 valence electrons. The summed E-state index contributed by atoms with van der Waals surface area (Å²) in [6.45, 7) is 4.97. The van der Waals surface area contributed by atoms with Gasteiger partial charge in [0.05, 0.1) is 5.60 Å². The highest BCUT2D eigenvalue weighted by atomic mass is 16.3. The molecule has 24 heavy (non-hydrogen) atoms. The van der Waals surface area contributed by atoms with Crippen molar-refractivity contribution < 1.29 is 9.90 Å². The molecule has 1 amide bonds. The van der Waals surface area contributed by atoms with E-state index in [0.717, 1.165) is 64.2 Å². The predicted molar refractivity (Wildman–Crippen MR) is 93.9 cm³/mol. The molecule has 0 radical (unpaired) electrons. The number of aliphatic hydroxyl groups is 1. The second kappa shape index (κ2) is 7.94. The number of hydrogen-bond acceptors (Lipinski definition) is 5. The van der Waals surface area contributed by atoms with Gasteiger partial charge in [-0.3, -0.25) is 9.69 Å². The topological polar surface area (TPSA) is 68.7 Å². The number of piperazine rings is 1. The van der Waals surface area contributed by atoms with E-state index in [0.29, 0.717) is 13.0 Å². The summed E-state index contributed by atoms with van der Waals surface area (Å²) in [5.74, 6) is 1.07. The Morgan fingerprint density at radius 2 is 1.96 bits per heavy atom. The highest BCUT2D eigenvalue weighted by molar-refractivity contribution is 5.76. The minimum Gasteiger partial charge on any atom is -0.388 e. The van der Waals surface area contributed by atoms with Crippen molar-refractivity contribution >= 4 is 11.7 Å². The van der Waals surface area contributed by atoms with Crippen molar-refractivity contribution in [1.82, 2.24) is 15.2 Å². The molecule has 1 aliphatic heterocycles. The van der Waals surface area contributed by atoms with Gasteiger partial charge in [0.15, 0.2) is 0 Å². The first kappa shape index (κ1) is 17.2. The van der Waals surface area contributed by atoms with E-state index in [9.17, 15) is 9.90 Å². The van der Waals surface area contributed by atoms with Crippen LogP contribution < -0.4 is 10.2 Å². The normalized spacial score (nSPS) is 21.0. The van der Waals surface area contributed by atoms with Crippen molar-refractivity contribution in [3.63, 3.8) is 0 Å². The van der Waals surface area contributed by atoms with E-state index in [2.05, 4.69) is 20.1 Å². The SMILES string of the molecule is O=C(CCN1CCN(c2ccccn2)CC1)NCC1(O)CCCC1. The fourth-order valence-corrected chi connectivity index (χ4v) is 3.56. The highest BCUT2D eigenvalue weighted by Gasteiger charge is 2.31. The number of carbonyl (C=O) groups is 1. The molecule has 0 bridgehead atoms. The number of amides is 1. The van der Waals surface area contributed by atoms with Crippen LogP contribution in [0, 0.1) is 0 Å². The van der Waals surface area contributed by atoms with Crippen molar-refractivity contribution in [1.29, 1.82) is 0 Å². The van der Waals surface area contributed by atoms with Crippen LogP contribution in [-0.2, 0) is 4.79 Å². The molecule has 2 aliphatic rings. The maximum atomic E-state index is 12.0. The Labute approximate surface area is 143 Å². The number of rotatable bonds is 6. The van der Waals surface area contributed by atoms with Gasteiger partial charge in [0.1, 0.15) is 5.82 Å². The molecule has 1 aromatic rings. The minimum atomic E-state index is -0.663. The average Bonchev–Trinajstić information content (AvgIpc) is 3.06. The largest absolute Gasteiger partial charge is 0.388 e. The van der Waals surface area contributed by atoms with Crippen LogP contribution in [0.25, 0.3) is 0 Å². The van der Waals surface area contributed by atoms with Gasteiger partial charge >= 0.3 is 0 Å². The quantitative estimate of drug-likeness (QED) is 0.814. The Bertz CT molecular complexity index is 523. The number of carbonyl (C=O) groups excluding carboxylic acids is 1. The molecule has 0 spiro atoms. The summed E-state index contributed by atoms with van der Waals surface area (Å²) < 4.78 is 0. The number of hydrogen-bond donors (Lipinski definition) is 2. The van der Waals surface area contributed by atoms with Crippen LogP contribution in [0.4, 0.5) is 5.82 Å². The fourth-order valence-electron chi connectivity index (χ4n) is 3.56. The lowest BCUT2D eigenvalue weighted by Crippen LogP contribution is -2.48. The van der Waals surface area contributed by atoms with E-state index in [1.165, 1.54) is 0 Å². The lowest BCUT2D eigenvalue weighted by Gasteiger charge is -2.35. The number of nitrogens with zero attached hydrogens (tertiary/aromatic N) is 3. The van der Waals surface area contributed by atoms with E-state index < -0.39 is 5.60 Å². The van der Waals surface area contributed by atoms with Gasteiger partial charge in [-0.15, -0.1) is 0 Å². The number of aromatic nitrogens is 1. The second-order valence-corrected chi connectivity index (χ2v) is 6.97. The van der Waals surface area contributed by atoms with Crippen LogP contribution in [-0.4, -0.2) is 65.8 Å². The lowest BCUT2D eigenvalue weighted by molar-refractivity contribution is -0.122. The Balaban J connectivity index is 1.34. The molecular formula is C18H28N4O2. The first-order valence-corrected chi connectivity index (χ1v) is 9.02. The van der Waals surface area contributed by atoms with Crippen molar-refractivity contribution in [2.75, 3.05) is 44.2 Å². The van der Waals surface area contributed by atoms with Crippen LogP contribution in [0.15, 0.2) is 24.4 Å². The van der Waals surface area contributed by atoms with Crippen molar-refractivity contribution in [3.05, 3.63) is 24.4 Å². The molecule has 6 nitrogen and oxygen atoms in total. The summed E-state index contributed by atoms with van der Waals surface area (Å²) in [7, 11) is 0. The average molecular weight is 332 g/mol. The zero-order chi connectivity index (χ0) is 16.8. The molecule has 1 aliphatic carbocycles. The summed E-state index contributed by atoms with van der Waals surface area (Å²) in [4.78, 5) is 21.0. The van der Waals surface area contributed by atoms with Gasteiger partial charge in [-0.1, -0.05) is 18.9 Å². The van der Waals surface area contributed by atoms with Crippen LogP contribution in [0.2, 0.25) is 0 Å². The Morgan fingerprint density at radius 3 is 2.62 bits per heavy atom. The molecule has 1 saturated heterocycles. The molecule has 0 aromatic carbocycles.